The van der Waals surface area contributed by atoms with Gasteiger partial charge in [0.1, 0.15) is 13.2 Å². The van der Waals surface area contributed by atoms with E-state index in [2.05, 4.69) is 10.2 Å². The van der Waals surface area contributed by atoms with E-state index in [0.717, 1.165) is 17.5 Å². The molecule has 0 spiro atoms. The lowest BCUT2D eigenvalue weighted by Gasteiger charge is -2.15. The van der Waals surface area contributed by atoms with Gasteiger partial charge in [-0.25, -0.2) is 4.79 Å². The van der Waals surface area contributed by atoms with Crippen molar-refractivity contribution in [2.24, 2.45) is 0 Å². The molecule has 1 fully saturated rings. The Morgan fingerprint density at radius 3 is 2.76 bits per heavy atom. The normalized spacial score (nSPS) is 17.0. The molecule has 0 bridgehead atoms. The van der Waals surface area contributed by atoms with Gasteiger partial charge in [-0.3, -0.25) is 4.79 Å². The summed E-state index contributed by atoms with van der Waals surface area (Å²) < 4.78 is 10.6. The molecular formula is C17H19N3O5. The quantitative estimate of drug-likeness (QED) is 0.845. The zero-order valence-electron chi connectivity index (χ0n) is 13.8. The third kappa shape index (κ3) is 4.21. The van der Waals surface area contributed by atoms with Crippen molar-refractivity contribution < 1.29 is 23.8 Å². The summed E-state index contributed by atoms with van der Waals surface area (Å²) in [5.41, 5.74) is 2.01. The molecule has 1 aliphatic heterocycles. The first-order valence-electron chi connectivity index (χ1n) is 8.00. The molecule has 2 heterocycles. The Bertz CT molecular complexity index is 756. The van der Waals surface area contributed by atoms with Crippen LogP contribution in [-0.4, -0.2) is 58.4 Å². The van der Waals surface area contributed by atoms with Gasteiger partial charge in [0.25, 0.3) is 0 Å². The number of hydrogen-bond donors (Lipinski definition) is 1. The van der Waals surface area contributed by atoms with E-state index in [1.807, 2.05) is 31.2 Å². The lowest BCUT2D eigenvalue weighted by atomic mass is 10.1. The number of rotatable bonds is 6. The van der Waals surface area contributed by atoms with E-state index in [4.69, 9.17) is 14.3 Å². The van der Waals surface area contributed by atoms with Crippen molar-refractivity contribution >= 4 is 11.9 Å². The summed E-state index contributed by atoms with van der Waals surface area (Å²) in [4.78, 5) is 24.0. The molecule has 1 saturated heterocycles. The first-order valence-corrected chi connectivity index (χ1v) is 8.00. The van der Waals surface area contributed by atoms with Crippen molar-refractivity contribution in [3.63, 3.8) is 0 Å². The largest absolute Gasteiger partial charge is 0.480 e. The fourth-order valence-corrected chi connectivity index (χ4v) is 2.72. The number of carboxylic acid groups (broad SMARTS) is 1. The predicted molar refractivity (Wildman–Crippen MR) is 86.9 cm³/mol. The maximum atomic E-state index is 12.0. The highest BCUT2D eigenvalue weighted by atomic mass is 16.5. The molecule has 2 aromatic rings. The molecule has 1 aliphatic rings. The predicted octanol–water partition coefficient (Wildman–Crippen LogP) is 1.46. The lowest BCUT2D eigenvalue weighted by molar-refractivity contribution is -0.145. The Hall–Kier alpha value is -2.74. The topological polar surface area (TPSA) is 106 Å². The van der Waals surface area contributed by atoms with Crippen LogP contribution in [0.15, 0.2) is 28.7 Å². The van der Waals surface area contributed by atoms with Crippen molar-refractivity contribution in [1.82, 2.24) is 15.1 Å². The van der Waals surface area contributed by atoms with Gasteiger partial charge < -0.3 is 19.2 Å². The van der Waals surface area contributed by atoms with Crippen LogP contribution in [0.3, 0.4) is 0 Å². The van der Waals surface area contributed by atoms with E-state index in [0.29, 0.717) is 24.9 Å². The van der Waals surface area contributed by atoms with Crippen LogP contribution in [-0.2, 0) is 14.3 Å². The second-order valence-electron chi connectivity index (χ2n) is 6.02. The van der Waals surface area contributed by atoms with Gasteiger partial charge in [0.2, 0.25) is 17.7 Å². The number of nitrogens with zero attached hydrogens (tertiary/aromatic N) is 3. The third-order valence-electron chi connectivity index (χ3n) is 4.08. The second kappa shape index (κ2) is 7.43. The van der Waals surface area contributed by atoms with Crippen LogP contribution >= 0.6 is 0 Å². The van der Waals surface area contributed by atoms with Crippen molar-refractivity contribution in [1.29, 1.82) is 0 Å². The highest BCUT2D eigenvalue weighted by Crippen LogP contribution is 2.28. The van der Waals surface area contributed by atoms with Gasteiger partial charge in [-0.05, 0) is 25.5 Å². The van der Waals surface area contributed by atoms with Gasteiger partial charge >= 0.3 is 5.97 Å². The smallest absolute Gasteiger partial charge is 0.329 e. The monoisotopic (exact) mass is 345 g/mol. The average Bonchev–Trinajstić information content (AvgIpc) is 3.24. The molecular weight excluding hydrogens is 326 g/mol. The SMILES string of the molecule is Cc1ccc(-c2nnc(C3CCN(C(=O)COCC(=O)O)C3)o2)cc1. The molecule has 1 N–H and O–H groups in total. The molecule has 0 radical (unpaired) electrons. The van der Waals surface area contributed by atoms with Crippen LogP contribution in [0, 0.1) is 6.92 Å². The molecule has 1 aromatic heterocycles. The molecule has 1 amide bonds. The number of aryl methyl sites for hydroxylation is 1. The molecule has 25 heavy (non-hydrogen) atoms. The highest BCUT2D eigenvalue weighted by Gasteiger charge is 2.31. The average molecular weight is 345 g/mol. The van der Waals surface area contributed by atoms with E-state index >= 15 is 0 Å². The van der Waals surface area contributed by atoms with Crippen LogP contribution < -0.4 is 0 Å². The zero-order valence-corrected chi connectivity index (χ0v) is 13.8. The molecule has 1 aromatic carbocycles. The number of likely N-dealkylation sites (tertiary alicyclic amines) is 1. The Morgan fingerprint density at radius 1 is 1.28 bits per heavy atom. The summed E-state index contributed by atoms with van der Waals surface area (Å²) in [6, 6.07) is 7.81. The minimum absolute atomic E-state index is 0.0184. The van der Waals surface area contributed by atoms with Crippen molar-refractivity contribution in [2.45, 2.75) is 19.3 Å². The number of aliphatic carboxylic acids is 1. The molecule has 3 rings (SSSR count). The molecule has 1 atom stereocenters. The number of benzene rings is 1. The molecule has 132 valence electrons. The maximum absolute atomic E-state index is 12.0. The fourth-order valence-electron chi connectivity index (χ4n) is 2.72. The van der Waals surface area contributed by atoms with Crippen molar-refractivity contribution in [3.8, 4) is 11.5 Å². The summed E-state index contributed by atoms with van der Waals surface area (Å²) in [6.07, 6.45) is 0.722. The second-order valence-corrected chi connectivity index (χ2v) is 6.02. The van der Waals surface area contributed by atoms with E-state index in [9.17, 15) is 9.59 Å². The van der Waals surface area contributed by atoms with Gasteiger partial charge in [0.15, 0.2) is 0 Å². The number of carbonyl (C=O) groups excluding carboxylic acids is 1. The van der Waals surface area contributed by atoms with E-state index in [-0.39, 0.29) is 18.4 Å². The van der Waals surface area contributed by atoms with E-state index in [1.54, 1.807) is 4.90 Å². The Morgan fingerprint density at radius 2 is 2.04 bits per heavy atom. The van der Waals surface area contributed by atoms with Gasteiger partial charge in [-0.15, -0.1) is 10.2 Å². The number of amides is 1. The van der Waals surface area contributed by atoms with Crippen LogP contribution in [0.1, 0.15) is 23.8 Å². The van der Waals surface area contributed by atoms with E-state index < -0.39 is 12.6 Å². The summed E-state index contributed by atoms with van der Waals surface area (Å²) in [6.45, 7) is 2.31. The van der Waals surface area contributed by atoms with Gasteiger partial charge in [0.05, 0.1) is 5.92 Å². The minimum Gasteiger partial charge on any atom is -0.480 e. The molecule has 8 nitrogen and oxygen atoms in total. The minimum atomic E-state index is -1.10. The van der Waals surface area contributed by atoms with Crippen molar-refractivity contribution in [3.05, 3.63) is 35.7 Å². The summed E-state index contributed by atoms with van der Waals surface area (Å²) >= 11 is 0. The Kier molecular flexibility index (Phi) is 5.08. The Balaban J connectivity index is 1.58. The van der Waals surface area contributed by atoms with Crippen LogP contribution in [0.25, 0.3) is 11.5 Å². The fraction of sp³-hybridized carbons (Fsp3) is 0.412. The van der Waals surface area contributed by atoms with Crippen molar-refractivity contribution in [2.75, 3.05) is 26.3 Å². The third-order valence-corrected chi connectivity index (χ3v) is 4.08. The van der Waals surface area contributed by atoms with Gasteiger partial charge in [0, 0.05) is 18.7 Å². The standard InChI is InChI=1S/C17H19N3O5/c1-11-2-4-12(5-3-11)16-18-19-17(25-16)13-6-7-20(8-13)14(21)9-24-10-15(22)23/h2-5,13H,6-10H2,1H3,(H,22,23). The Labute approximate surface area is 144 Å². The van der Waals surface area contributed by atoms with Gasteiger partial charge in [-0.1, -0.05) is 17.7 Å². The maximum Gasteiger partial charge on any atom is 0.329 e. The number of aromatic nitrogens is 2. The molecule has 0 aliphatic carbocycles. The molecule has 1 unspecified atom stereocenters. The number of carboxylic acids is 1. The van der Waals surface area contributed by atoms with Crippen LogP contribution in [0.4, 0.5) is 0 Å². The van der Waals surface area contributed by atoms with Crippen LogP contribution in [0.2, 0.25) is 0 Å². The van der Waals surface area contributed by atoms with E-state index in [1.165, 1.54) is 0 Å². The summed E-state index contributed by atoms with van der Waals surface area (Å²) in [5, 5.41) is 16.7. The van der Waals surface area contributed by atoms with Gasteiger partial charge in [-0.2, -0.15) is 0 Å². The lowest BCUT2D eigenvalue weighted by Crippen LogP contribution is -2.32. The number of ether oxygens (including phenoxy) is 1. The summed E-state index contributed by atoms with van der Waals surface area (Å²) in [7, 11) is 0. The number of hydrogen-bond acceptors (Lipinski definition) is 6. The van der Waals surface area contributed by atoms with Crippen LogP contribution in [0.5, 0.6) is 0 Å². The first-order chi connectivity index (χ1) is 12.0. The first kappa shape index (κ1) is 17.1. The molecule has 0 saturated carbocycles. The number of carbonyl (C=O) groups is 2. The molecule has 8 heteroatoms. The highest BCUT2D eigenvalue weighted by molar-refractivity contribution is 5.78. The summed E-state index contributed by atoms with van der Waals surface area (Å²) in [5.74, 6) is -0.374. The zero-order chi connectivity index (χ0) is 17.8.